The van der Waals surface area contributed by atoms with Gasteiger partial charge >= 0.3 is 0 Å². The van der Waals surface area contributed by atoms with Crippen LogP contribution < -0.4 is 30.5 Å². The predicted octanol–water partition coefficient (Wildman–Crippen LogP) is 5.65. The number of likely N-dealkylation sites (tertiary alicyclic amines) is 2. The molecule has 5 fully saturated rings. The van der Waals surface area contributed by atoms with Gasteiger partial charge in [-0.15, -0.1) is 16.6 Å². The SMILES string of the molecule is C#Cc1ccc(CNC(=O)[C@@H]2C[C@@H](O)CN2C(=O)[C@@H](NC(=O)[C@H]2CCC3(CC2)C[C@H](N2CCC(c4cnc(N5CCN(c6cc(-c7ccccc7O)nnc6NC)CC5)nc4)CC2)C3)C(C)(C)C)c(OCCCN(C)C)c1. The minimum Gasteiger partial charge on any atom is -0.507 e. The molecule has 2 aromatic carbocycles. The van der Waals surface area contributed by atoms with E-state index >= 15 is 0 Å². The largest absolute Gasteiger partial charge is 0.507 e. The Balaban J connectivity index is 0.712. The number of terminal acetylenes is 1. The van der Waals surface area contributed by atoms with Crippen LogP contribution in [0.1, 0.15) is 108 Å². The van der Waals surface area contributed by atoms with Crippen LogP contribution in [0.4, 0.5) is 17.5 Å². The standard InChI is InChI=1S/C59H80N12O6/c1-8-39-14-15-42(51(30-39)77-29-11-22-67(6)7)35-61-55(75)49-31-45(72)38-71(49)56(76)52(58(2,3)4)64-54(74)41-16-20-59(21-17-41)33-44(34-59)68-23-18-40(19-24-68)43-36-62-57(63-37-43)70-27-25-69(26-28-70)48-32-47(65-66-53(48)60-5)46-12-9-10-13-50(46)73/h1,9-10,12-15,30,32,36-37,40-41,44-45,49,52,72-73H,11,16-29,31,33-35,38H2,2-7H3,(H,60,66)(H,61,75)(H,64,74)/t41-,44-,45-,49+,52-,59?/m1/s1. The Morgan fingerprint density at radius 3 is 2.29 bits per heavy atom. The number of phenolic OH excluding ortho intramolecular Hbond substituents is 1. The first kappa shape index (κ1) is 55.2. The second-order valence-corrected chi connectivity index (χ2v) is 23.6. The number of ether oxygens (including phenoxy) is 1. The number of aromatic nitrogens is 4. The van der Waals surface area contributed by atoms with Gasteiger partial charge in [-0.3, -0.25) is 14.4 Å². The molecule has 77 heavy (non-hydrogen) atoms. The lowest BCUT2D eigenvalue weighted by Gasteiger charge is -2.55. The Bertz CT molecular complexity index is 2730. The molecule has 412 valence electrons. The Labute approximate surface area is 454 Å². The van der Waals surface area contributed by atoms with Gasteiger partial charge in [0.15, 0.2) is 5.82 Å². The van der Waals surface area contributed by atoms with E-state index in [2.05, 4.69) is 51.7 Å². The number of β-amino-alcohol motifs (C(OH)–C–C–N with tert-alkyl or cyclic N) is 1. The van der Waals surface area contributed by atoms with E-state index in [0.29, 0.717) is 47.0 Å². The molecule has 0 unspecified atom stereocenters. The fraction of sp³-hybridized carbons (Fsp3) is 0.576. The van der Waals surface area contributed by atoms with Crippen molar-refractivity contribution in [3.63, 3.8) is 0 Å². The van der Waals surface area contributed by atoms with Gasteiger partial charge in [-0.1, -0.05) is 44.9 Å². The first-order valence-electron chi connectivity index (χ1n) is 27.8. The Hall–Kier alpha value is -6.55. The monoisotopic (exact) mass is 1050 g/mol. The number of amides is 3. The maximum absolute atomic E-state index is 14.4. The predicted molar refractivity (Wildman–Crippen MR) is 298 cm³/mol. The maximum Gasteiger partial charge on any atom is 0.246 e. The number of aliphatic hydroxyl groups excluding tert-OH is 1. The van der Waals surface area contributed by atoms with Crippen LogP contribution in [0.5, 0.6) is 11.5 Å². The molecule has 0 bridgehead atoms. The van der Waals surface area contributed by atoms with Crippen LogP contribution in [0.3, 0.4) is 0 Å². The molecule has 4 aromatic rings. The lowest BCUT2D eigenvalue weighted by molar-refractivity contribution is -0.145. The van der Waals surface area contributed by atoms with Crippen LogP contribution in [-0.2, 0) is 20.9 Å². The smallest absolute Gasteiger partial charge is 0.246 e. The normalized spacial score (nSPS) is 23.5. The number of phenols is 1. The van der Waals surface area contributed by atoms with Crippen molar-refractivity contribution in [1.29, 1.82) is 0 Å². The summed E-state index contributed by atoms with van der Waals surface area (Å²) in [6, 6.07) is 13.4. The number of nitrogens with zero attached hydrogens (tertiary/aromatic N) is 9. The zero-order valence-corrected chi connectivity index (χ0v) is 46.0. The Kier molecular flexibility index (Phi) is 17.2. The van der Waals surface area contributed by atoms with E-state index in [4.69, 9.17) is 21.1 Å². The molecule has 5 N–H and O–H groups in total. The molecule has 0 radical (unpaired) electrons. The van der Waals surface area contributed by atoms with Crippen molar-refractivity contribution in [2.45, 2.75) is 122 Å². The van der Waals surface area contributed by atoms with Gasteiger partial charge in [0.1, 0.15) is 23.6 Å². The van der Waals surface area contributed by atoms with Gasteiger partial charge in [0.25, 0.3) is 0 Å². The van der Waals surface area contributed by atoms with Crippen molar-refractivity contribution in [3.05, 3.63) is 77.6 Å². The molecule has 5 aliphatic rings. The van der Waals surface area contributed by atoms with Crippen LogP contribution in [0.2, 0.25) is 0 Å². The van der Waals surface area contributed by atoms with Gasteiger partial charge in [-0.2, -0.15) is 0 Å². The van der Waals surface area contributed by atoms with E-state index in [-0.39, 0.29) is 54.3 Å². The molecule has 5 heterocycles. The highest BCUT2D eigenvalue weighted by atomic mass is 16.5. The van der Waals surface area contributed by atoms with E-state index in [1.807, 2.05) is 84.6 Å². The fourth-order valence-corrected chi connectivity index (χ4v) is 12.3. The van der Waals surface area contributed by atoms with Gasteiger partial charge in [0, 0.05) is 100 Å². The molecule has 3 atom stereocenters. The number of piperidine rings is 1. The average Bonchev–Trinajstić information content (AvgIpc) is 3.83. The number of aromatic hydroxyl groups is 1. The lowest BCUT2D eigenvalue weighted by atomic mass is 9.56. The maximum atomic E-state index is 14.4. The molecule has 18 heteroatoms. The Morgan fingerprint density at radius 1 is 0.922 bits per heavy atom. The number of carbonyl (C=O) groups is 3. The summed E-state index contributed by atoms with van der Waals surface area (Å²) in [4.78, 5) is 62.8. The quantitative estimate of drug-likeness (QED) is 0.0641. The number of piperazine rings is 1. The van der Waals surface area contributed by atoms with Crippen molar-refractivity contribution in [2.75, 3.05) is 95.2 Å². The third kappa shape index (κ3) is 12.9. The van der Waals surface area contributed by atoms with E-state index in [9.17, 15) is 24.6 Å². The third-order valence-corrected chi connectivity index (χ3v) is 17.0. The molecule has 2 saturated carbocycles. The highest BCUT2D eigenvalue weighted by Gasteiger charge is 2.50. The lowest BCUT2D eigenvalue weighted by Crippen LogP contribution is -2.59. The summed E-state index contributed by atoms with van der Waals surface area (Å²) in [7, 11) is 5.86. The average molecular weight is 1050 g/mol. The summed E-state index contributed by atoms with van der Waals surface area (Å²) in [6.07, 6.45) is 17.9. The van der Waals surface area contributed by atoms with Crippen LogP contribution >= 0.6 is 0 Å². The van der Waals surface area contributed by atoms with Crippen molar-refractivity contribution in [3.8, 4) is 35.1 Å². The number of aliphatic hydroxyl groups is 1. The molecule has 2 aliphatic carbocycles. The number of hydrogen-bond donors (Lipinski definition) is 5. The van der Waals surface area contributed by atoms with Gasteiger partial charge in [-0.25, -0.2) is 9.97 Å². The molecular weight excluding hydrogens is 973 g/mol. The first-order valence-corrected chi connectivity index (χ1v) is 27.8. The van der Waals surface area contributed by atoms with Gasteiger partial charge < -0.3 is 55.4 Å². The summed E-state index contributed by atoms with van der Waals surface area (Å²) >= 11 is 0. The van der Waals surface area contributed by atoms with E-state index in [1.165, 1.54) is 10.5 Å². The number of hydrogen-bond acceptors (Lipinski definition) is 15. The zero-order valence-electron chi connectivity index (χ0n) is 46.0. The minimum atomic E-state index is -0.889. The van der Waals surface area contributed by atoms with Gasteiger partial charge in [0.05, 0.1) is 24.1 Å². The minimum absolute atomic E-state index is 0.0134. The van der Waals surface area contributed by atoms with Crippen LogP contribution in [0.25, 0.3) is 11.3 Å². The summed E-state index contributed by atoms with van der Waals surface area (Å²) in [5.74, 6) is 4.28. The number of nitrogens with one attached hydrogen (secondary N) is 3. The van der Waals surface area contributed by atoms with Crippen molar-refractivity contribution in [2.24, 2.45) is 16.7 Å². The van der Waals surface area contributed by atoms with Gasteiger partial charge in [0.2, 0.25) is 23.7 Å². The van der Waals surface area contributed by atoms with Crippen LogP contribution in [0, 0.1) is 29.1 Å². The first-order chi connectivity index (χ1) is 37.0. The van der Waals surface area contributed by atoms with Crippen LogP contribution in [-0.4, -0.2) is 167 Å². The Morgan fingerprint density at radius 2 is 1.62 bits per heavy atom. The summed E-state index contributed by atoms with van der Waals surface area (Å²) < 4.78 is 6.09. The second kappa shape index (κ2) is 24.0. The molecule has 3 amide bonds. The van der Waals surface area contributed by atoms with Gasteiger partial charge in [-0.05, 0) is 138 Å². The third-order valence-electron chi connectivity index (χ3n) is 17.0. The summed E-state index contributed by atoms with van der Waals surface area (Å²) in [5.41, 5.74) is 4.48. The van der Waals surface area contributed by atoms with E-state index in [0.717, 1.165) is 121 Å². The molecular formula is C59H80N12O6. The second-order valence-electron chi connectivity index (χ2n) is 23.6. The molecule has 2 aromatic heterocycles. The molecule has 3 aliphatic heterocycles. The van der Waals surface area contributed by atoms with Crippen molar-refractivity contribution < 1.29 is 29.3 Å². The van der Waals surface area contributed by atoms with E-state index < -0.39 is 23.6 Å². The number of para-hydroxylation sites is 1. The topological polar surface area (TPSA) is 205 Å². The number of anilines is 3. The van der Waals surface area contributed by atoms with E-state index in [1.54, 1.807) is 18.2 Å². The molecule has 9 rings (SSSR count). The fourth-order valence-electron chi connectivity index (χ4n) is 12.3. The summed E-state index contributed by atoms with van der Waals surface area (Å²) in [6.45, 7) is 12.5. The van der Waals surface area contributed by atoms with Crippen LogP contribution in [0.15, 0.2) is 60.9 Å². The molecule has 18 nitrogen and oxygen atoms in total. The summed E-state index contributed by atoms with van der Waals surface area (Å²) in [5, 5.41) is 39.4. The molecule has 3 saturated heterocycles. The highest BCUT2D eigenvalue weighted by molar-refractivity contribution is 5.93. The highest BCUT2D eigenvalue weighted by Crippen LogP contribution is 2.55. The number of benzene rings is 2. The van der Waals surface area contributed by atoms with Crippen molar-refractivity contribution >= 4 is 35.2 Å². The molecule has 1 spiro atoms. The van der Waals surface area contributed by atoms with Crippen molar-refractivity contribution in [1.82, 2.24) is 45.5 Å². The number of carbonyl (C=O) groups excluding carboxylic acids is 3. The zero-order chi connectivity index (χ0) is 54.4. The number of rotatable bonds is 17.